The minimum Gasteiger partial charge on any atom is -0.469 e. The summed E-state index contributed by atoms with van der Waals surface area (Å²) >= 11 is 0. The molecule has 0 radical (unpaired) electrons. The zero-order valence-electron chi connectivity index (χ0n) is 7.75. The first-order valence-electron chi connectivity index (χ1n) is 4.61. The highest BCUT2D eigenvalue weighted by Crippen LogP contribution is 2.41. The van der Waals surface area contributed by atoms with Crippen LogP contribution in [0.3, 0.4) is 0 Å². The van der Waals surface area contributed by atoms with Gasteiger partial charge in [0, 0.05) is 12.8 Å². The lowest BCUT2D eigenvalue weighted by atomic mass is 10.1. The number of ether oxygens (including phenoxy) is 3. The smallest absolute Gasteiger partial charge is 0.308 e. The summed E-state index contributed by atoms with van der Waals surface area (Å²) < 4.78 is 15.7. The molecule has 0 unspecified atom stereocenters. The van der Waals surface area contributed by atoms with E-state index < -0.39 is 5.79 Å². The van der Waals surface area contributed by atoms with Crippen LogP contribution in [0.2, 0.25) is 0 Å². The van der Waals surface area contributed by atoms with Crippen LogP contribution in [0.15, 0.2) is 0 Å². The molecule has 1 spiro atoms. The molecule has 2 rings (SSSR count). The number of carbonyl (C=O) groups excluding carboxylic acids is 1. The van der Waals surface area contributed by atoms with Gasteiger partial charge in [-0.3, -0.25) is 4.79 Å². The van der Waals surface area contributed by atoms with Crippen molar-refractivity contribution in [2.24, 2.45) is 5.92 Å². The van der Waals surface area contributed by atoms with Crippen LogP contribution in [0.1, 0.15) is 19.3 Å². The standard InChI is InChI=1S/C9H14O4/c1-11-8(10)7-2-3-9(6-7)12-4-5-13-9/h7H,2-6H2,1H3/t7-/m0/s1. The molecule has 1 aliphatic heterocycles. The van der Waals surface area contributed by atoms with Gasteiger partial charge in [0.2, 0.25) is 0 Å². The summed E-state index contributed by atoms with van der Waals surface area (Å²) in [6.07, 6.45) is 2.28. The second-order valence-corrected chi connectivity index (χ2v) is 3.57. The monoisotopic (exact) mass is 186 g/mol. The van der Waals surface area contributed by atoms with Gasteiger partial charge in [0.05, 0.1) is 26.2 Å². The second-order valence-electron chi connectivity index (χ2n) is 3.57. The van der Waals surface area contributed by atoms with Crippen LogP contribution in [-0.2, 0) is 19.0 Å². The molecule has 0 aromatic carbocycles. The average Bonchev–Trinajstić information content (AvgIpc) is 2.76. The molecular formula is C9H14O4. The fraction of sp³-hybridized carbons (Fsp3) is 0.889. The van der Waals surface area contributed by atoms with Crippen molar-refractivity contribution >= 4 is 5.97 Å². The fourth-order valence-corrected chi connectivity index (χ4v) is 2.10. The molecule has 0 bridgehead atoms. The van der Waals surface area contributed by atoms with Gasteiger partial charge in [-0.25, -0.2) is 0 Å². The summed E-state index contributed by atoms with van der Waals surface area (Å²) in [6, 6.07) is 0. The Kier molecular flexibility index (Phi) is 2.26. The highest BCUT2D eigenvalue weighted by atomic mass is 16.7. The Hall–Kier alpha value is -0.610. The maximum Gasteiger partial charge on any atom is 0.308 e. The van der Waals surface area contributed by atoms with Gasteiger partial charge in [-0.05, 0) is 6.42 Å². The van der Waals surface area contributed by atoms with Gasteiger partial charge >= 0.3 is 5.97 Å². The van der Waals surface area contributed by atoms with E-state index in [0.29, 0.717) is 19.6 Å². The van der Waals surface area contributed by atoms with Crippen LogP contribution in [-0.4, -0.2) is 32.1 Å². The van der Waals surface area contributed by atoms with Crippen LogP contribution in [0, 0.1) is 5.92 Å². The Balaban J connectivity index is 1.96. The fourth-order valence-electron chi connectivity index (χ4n) is 2.10. The van der Waals surface area contributed by atoms with Gasteiger partial charge in [-0.2, -0.15) is 0 Å². The van der Waals surface area contributed by atoms with E-state index in [1.165, 1.54) is 7.11 Å². The molecule has 1 heterocycles. The Morgan fingerprint density at radius 2 is 2.15 bits per heavy atom. The van der Waals surface area contributed by atoms with Gasteiger partial charge in [0.15, 0.2) is 5.79 Å². The maximum absolute atomic E-state index is 11.2. The maximum atomic E-state index is 11.2. The van der Waals surface area contributed by atoms with E-state index in [9.17, 15) is 4.79 Å². The predicted octanol–water partition coefficient (Wildman–Crippen LogP) is 0.703. The first-order valence-corrected chi connectivity index (χ1v) is 4.61. The van der Waals surface area contributed by atoms with Crippen LogP contribution < -0.4 is 0 Å². The molecule has 0 aromatic heterocycles. The highest BCUT2D eigenvalue weighted by molar-refractivity contribution is 5.72. The second kappa shape index (κ2) is 3.27. The van der Waals surface area contributed by atoms with Crippen molar-refractivity contribution in [3.63, 3.8) is 0 Å². The normalized spacial score (nSPS) is 31.0. The highest BCUT2D eigenvalue weighted by Gasteiger charge is 2.46. The van der Waals surface area contributed by atoms with Crippen molar-refractivity contribution in [2.75, 3.05) is 20.3 Å². The minimum atomic E-state index is -0.459. The third kappa shape index (κ3) is 1.56. The minimum absolute atomic E-state index is 0.0388. The van der Waals surface area contributed by atoms with Crippen molar-refractivity contribution in [2.45, 2.75) is 25.0 Å². The largest absolute Gasteiger partial charge is 0.469 e. The van der Waals surface area contributed by atoms with Gasteiger partial charge in [0.1, 0.15) is 0 Å². The number of rotatable bonds is 1. The Morgan fingerprint density at radius 1 is 1.46 bits per heavy atom. The molecular weight excluding hydrogens is 172 g/mol. The van der Waals surface area contributed by atoms with E-state index in [0.717, 1.165) is 12.8 Å². The zero-order valence-corrected chi connectivity index (χ0v) is 7.75. The van der Waals surface area contributed by atoms with Crippen LogP contribution in [0.4, 0.5) is 0 Å². The average molecular weight is 186 g/mol. The Labute approximate surface area is 77.1 Å². The van der Waals surface area contributed by atoms with Crippen molar-refractivity contribution in [3.05, 3.63) is 0 Å². The van der Waals surface area contributed by atoms with E-state index in [4.69, 9.17) is 9.47 Å². The van der Waals surface area contributed by atoms with Crippen LogP contribution >= 0.6 is 0 Å². The first-order chi connectivity index (χ1) is 6.26. The summed E-state index contributed by atoms with van der Waals surface area (Å²) in [4.78, 5) is 11.2. The number of hydrogen-bond donors (Lipinski definition) is 0. The SMILES string of the molecule is COC(=O)[C@H]1CCC2(C1)OCCO2. The third-order valence-electron chi connectivity index (χ3n) is 2.78. The molecule has 0 amide bonds. The Morgan fingerprint density at radius 3 is 2.77 bits per heavy atom. The van der Waals surface area contributed by atoms with Crippen molar-refractivity contribution in [3.8, 4) is 0 Å². The molecule has 2 aliphatic rings. The van der Waals surface area contributed by atoms with Gasteiger partial charge in [0.25, 0.3) is 0 Å². The molecule has 2 fully saturated rings. The lowest BCUT2D eigenvalue weighted by molar-refractivity contribution is -0.161. The number of methoxy groups -OCH3 is 1. The molecule has 1 atom stereocenters. The number of carbonyl (C=O) groups is 1. The topological polar surface area (TPSA) is 44.8 Å². The molecule has 4 nitrogen and oxygen atoms in total. The molecule has 1 aliphatic carbocycles. The molecule has 4 heteroatoms. The Bertz CT molecular complexity index is 208. The van der Waals surface area contributed by atoms with Crippen molar-refractivity contribution in [1.82, 2.24) is 0 Å². The lowest BCUT2D eigenvalue weighted by Gasteiger charge is -2.20. The molecule has 0 N–H and O–H groups in total. The summed E-state index contributed by atoms with van der Waals surface area (Å²) in [6.45, 7) is 1.29. The molecule has 1 saturated heterocycles. The summed E-state index contributed by atoms with van der Waals surface area (Å²) in [7, 11) is 1.42. The van der Waals surface area contributed by atoms with E-state index in [1.807, 2.05) is 0 Å². The van der Waals surface area contributed by atoms with Gasteiger partial charge in [-0.15, -0.1) is 0 Å². The van der Waals surface area contributed by atoms with Gasteiger partial charge in [-0.1, -0.05) is 0 Å². The summed E-state index contributed by atoms with van der Waals surface area (Å²) in [5.41, 5.74) is 0. The van der Waals surface area contributed by atoms with Crippen molar-refractivity contribution < 1.29 is 19.0 Å². The van der Waals surface area contributed by atoms with E-state index in [2.05, 4.69) is 4.74 Å². The number of esters is 1. The molecule has 74 valence electrons. The predicted molar refractivity (Wildman–Crippen MR) is 44.0 cm³/mol. The van der Waals surface area contributed by atoms with Crippen molar-refractivity contribution in [1.29, 1.82) is 0 Å². The van der Waals surface area contributed by atoms with E-state index in [-0.39, 0.29) is 11.9 Å². The quantitative estimate of drug-likeness (QED) is 0.565. The summed E-state index contributed by atoms with van der Waals surface area (Å²) in [5, 5.41) is 0. The third-order valence-corrected chi connectivity index (χ3v) is 2.78. The molecule has 13 heavy (non-hydrogen) atoms. The zero-order chi connectivity index (χ0) is 9.31. The molecule has 1 saturated carbocycles. The molecule has 0 aromatic rings. The van der Waals surface area contributed by atoms with Crippen LogP contribution in [0.25, 0.3) is 0 Å². The van der Waals surface area contributed by atoms with Crippen LogP contribution in [0.5, 0.6) is 0 Å². The number of hydrogen-bond acceptors (Lipinski definition) is 4. The van der Waals surface area contributed by atoms with E-state index in [1.54, 1.807) is 0 Å². The van der Waals surface area contributed by atoms with Gasteiger partial charge < -0.3 is 14.2 Å². The lowest BCUT2D eigenvalue weighted by Crippen LogP contribution is -2.27. The first kappa shape index (κ1) is 8.97. The summed E-state index contributed by atoms with van der Waals surface area (Å²) in [5.74, 6) is -0.641. The van der Waals surface area contributed by atoms with E-state index >= 15 is 0 Å².